The van der Waals surface area contributed by atoms with Gasteiger partial charge in [0.2, 0.25) is 0 Å². The summed E-state index contributed by atoms with van der Waals surface area (Å²) in [5.41, 5.74) is 9.47. The number of hydrogen-bond donors (Lipinski definition) is 0. The summed E-state index contributed by atoms with van der Waals surface area (Å²) in [5.74, 6) is 0. The van der Waals surface area contributed by atoms with E-state index in [0.717, 1.165) is 17.5 Å². The van der Waals surface area contributed by atoms with Gasteiger partial charge in [-0.05, 0) is 92.5 Å². The predicted octanol–water partition coefficient (Wildman–Crippen LogP) is 11.4. The maximum atomic E-state index is 5.08. The normalized spacial score (nSPS) is 12.3. The molecule has 0 N–H and O–H groups in total. The van der Waals surface area contributed by atoms with E-state index in [4.69, 9.17) is 4.98 Å². The lowest BCUT2D eigenvalue weighted by Gasteiger charge is -2.15. The van der Waals surface area contributed by atoms with Gasteiger partial charge in [-0.1, -0.05) is 122 Å². The van der Waals surface area contributed by atoms with Gasteiger partial charge in [0.25, 0.3) is 0 Å². The van der Waals surface area contributed by atoms with Crippen LogP contribution in [0.5, 0.6) is 0 Å². The smallest absolute Gasteiger partial charge is 0.0722 e. The van der Waals surface area contributed by atoms with Crippen molar-refractivity contribution in [3.05, 3.63) is 145 Å². The van der Waals surface area contributed by atoms with Crippen molar-refractivity contribution in [2.24, 2.45) is 0 Å². The lowest BCUT2D eigenvalue weighted by atomic mass is 9.89. The SMILES string of the molecule is C/C=C\C(=C/CC)c1ccc(-c2cccc(-c3cc4nc5ccccc5cc4c4ccccc34)c2)c2ccccc12. The molecule has 0 spiro atoms. The monoisotopic (exact) mass is 525 g/mol. The molecule has 1 heteroatoms. The molecule has 0 saturated heterocycles. The first-order valence-corrected chi connectivity index (χ1v) is 14.4. The molecule has 0 fully saturated rings. The number of allylic oxidation sites excluding steroid dienone is 4. The van der Waals surface area contributed by atoms with Crippen LogP contribution in [0, 0.1) is 0 Å². The van der Waals surface area contributed by atoms with E-state index in [-0.39, 0.29) is 0 Å². The van der Waals surface area contributed by atoms with Crippen molar-refractivity contribution in [2.75, 3.05) is 0 Å². The molecule has 0 amide bonds. The lowest BCUT2D eigenvalue weighted by Crippen LogP contribution is -1.90. The third kappa shape index (κ3) is 4.40. The molecular weight excluding hydrogens is 494 g/mol. The number of benzene rings is 6. The van der Waals surface area contributed by atoms with Gasteiger partial charge in [-0.15, -0.1) is 0 Å². The minimum atomic E-state index is 1.00. The fourth-order valence-electron chi connectivity index (χ4n) is 6.19. The highest BCUT2D eigenvalue weighted by Crippen LogP contribution is 2.39. The van der Waals surface area contributed by atoms with Gasteiger partial charge in [-0.3, -0.25) is 0 Å². The van der Waals surface area contributed by atoms with E-state index < -0.39 is 0 Å². The first kappa shape index (κ1) is 25.0. The van der Waals surface area contributed by atoms with Crippen molar-refractivity contribution >= 4 is 48.9 Å². The Hall–Kier alpha value is -5.01. The van der Waals surface area contributed by atoms with E-state index in [9.17, 15) is 0 Å². The average molecular weight is 526 g/mol. The third-order valence-electron chi connectivity index (χ3n) is 8.03. The Morgan fingerprint density at radius 3 is 2.05 bits per heavy atom. The number of para-hydroxylation sites is 1. The van der Waals surface area contributed by atoms with E-state index in [1.54, 1.807) is 0 Å². The second-order valence-corrected chi connectivity index (χ2v) is 10.6. The van der Waals surface area contributed by atoms with Crippen LogP contribution in [0.25, 0.3) is 71.2 Å². The molecule has 1 aromatic heterocycles. The molecule has 0 atom stereocenters. The summed E-state index contributed by atoms with van der Waals surface area (Å²) in [6, 6.07) is 44.0. The molecule has 1 nitrogen and oxygen atoms in total. The largest absolute Gasteiger partial charge is 0.248 e. The summed E-state index contributed by atoms with van der Waals surface area (Å²) in [4.78, 5) is 5.08. The van der Waals surface area contributed by atoms with Gasteiger partial charge in [-0.2, -0.15) is 0 Å². The van der Waals surface area contributed by atoms with Crippen LogP contribution >= 0.6 is 0 Å². The van der Waals surface area contributed by atoms with Crippen molar-refractivity contribution in [3.63, 3.8) is 0 Å². The van der Waals surface area contributed by atoms with Crippen LogP contribution in [0.2, 0.25) is 0 Å². The van der Waals surface area contributed by atoms with Gasteiger partial charge in [0.15, 0.2) is 0 Å². The van der Waals surface area contributed by atoms with E-state index in [1.807, 2.05) is 0 Å². The lowest BCUT2D eigenvalue weighted by molar-refractivity contribution is 1.23. The number of fused-ring (bicyclic) bond motifs is 5. The standard InChI is InChI=1S/C40H31N/c1-3-12-27(13-4-2)31-22-23-32(34-18-7-6-17-33(31)34)28-15-11-16-29(24-28)37-26-40-38(36-20-9-8-19-35(36)37)25-30-14-5-10-21-39(30)41-40/h3,5-26H,4H2,1-2H3/b12-3-,27-13+. The molecule has 0 saturated carbocycles. The third-order valence-corrected chi connectivity index (χ3v) is 8.03. The quantitative estimate of drug-likeness (QED) is 0.124. The van der Waals surface area contributed by atoms with Crippen LogP contribution in [0.4, 0.5) is 0 Å². The second kappa shape index (κ2) is 10.5. The maximum absolute atomic E-state index is 5.08. The number of aromatic nitrogens is 1. The maximum Gasteiger partial charge on any atom is 0.0722 e. The fraction of sp³-hybridized carbons (Fsp3) is 0.0750. The number of hydrogen-bond acceptors (Lipinski definition) is 1. The van der Waals surface area contributed by atoms with Crippen molar-refractivity contribution in [2.45, 2.75) is 20.3 Å². The Morgan fingerprint density at radius 1 is 0.585 bits per heavy atom. The molecule has 0 aliphatic carbocycles. The summed E-state index contributed by atoms with van der Waals surface area (Å²) in [6.45, 7) is 4.28. The van der Waals surface area contributed by atoms with Crippen LogP contribution in [0.15, 0.2) is 140 Å². The molecule has 1 heterocycles. The van der Waals surface area contributed by atoms with E-state index >= 15 is 0 Å². The minimum absolute atomic E-state index is 1.00. The Kier molecular flexibility index (Phi) is 6.41. The molecule has 6 aromatic carbocycles. The molecule has 0 bridgehead atoms. The summed E-state index contributed by atoms with van der Waals surface area (Å²) in [6.07, 6.45) is 7.65. The van der Waals surface area contributed by atoms with Crippen molar-refractivity contribution < 1.29 is 0 Å². The van der Waals surface area contributed by atoms with E-state index in [0.29, 0.717) is 0 Å². The Bertz CT molecular complexity index is 2150. The zero-order valence-corrected chi connectivity index (χ0v) is 23.4. The highest BCUT2D eigenvalue weighted by Gasteiger charge is 2.13. The molecule has 196 valence electrons. The summed E-state index contributed by atoms with van der Waals surface area (Å²) >= 11 is 0. The molecule has 7 rings (SSSR count). The first-order valence-electron chi connectivity index (χ1n) is 14.4. The van der Waals surface area contributed by atoms with Gasteiger partial charge in [-0.25, -0.2) is 4.98 Å². The Labute approximate surface area is 241 Å². The summed E-state index contributed by atoms with van der Waals surface area (Å²) in [7, 11) is 0. The summed E-state index contributed by atoms with van der Waals surface area (Å²) < 4.78 is 0. The molecular formula is C40H31N. The second-order valence-electron chi connectivity index (χ2n) is 10.6. The Balaban J connectivity index is 1.43. The number of nitrogens with zero attached hydrogens (tertiary/aromatic N) is 1. The van der Waals surface area contributed by atoms with E-state index in [2.05, 4.69) is 153 Å². The Morgan fingerprint density at radius 2 is 1.27 bits per heavy atom. The molecule has 41 heavy (non-hydrogen) atoms. The van der Waals surface area contributed by atoms with Crippen LogP contribution < -0.4 is 0 Å². The highest BCUT2D eigenvalue weighted by molar-refractivity contribution is 6.15. The first-order chi connectivity index (χ1) is 20.2. The van der Waals surface area contributed by atoms with Gasteiger partial charge in [0.1, 0.15) is 0 Å². The van der Waals surface area contributed by atoms with E-state index in [1.165, 1.54) is 65.7 Å². The topological polar surface area (TPSA) is 12.9 Å². The van der Waals surface area contributed by atoms with Gasteiger partial charge >= 0.3 is 0 Å². The predicted molar refractivity (Wildman–Crippen MR) is 178 cm³/mol. The number of rotatable bonds is 5. The van der Waals surface area contributed by atoms with Crippen LogP contribution in [0.3, 0.4) is 0 Å². The zero-order valence-electron chi connectivity index (χ0n) is 23.4. The van der Waals surface area contributed by atoms with Crippen LogP contribution in [-0.2, 0) is 0 Å². The van der Waals surface area contributed by atoms with Gasteiger partial charge < -0.3 is 0 Å². The minimum Gasteiger partial charge on any atom is -0.248 e. The molecule has 0 aliphatic rings. The zero-order chi connectivity index (χ0) is 27.8. The highest BCUT2D eigenvalue weighted by atomic mass is 14.7. The van der Waals surface area contributed by atoms with Crippen molar-refractivity contribution in [1.82, 2.24) is 4.98 Å². The summed E-state index contributed by atoms with van der Waals surface area (Å²) in [5, 5.41) is 7.39. The van der Waals surface area contributed by atoms with Crippen molar-refractivity contribution in [3.8, 4) is 22.3 Å². The molecule has 0 unspecified atom stereocenters. The molecule has 0 aliphatic heterocycles. The molecule has 7 aromatic rings. The van der Waals surface area contributed by atoms with Crippen LogP contribution in [-0.4, -0.2) is 4.98 Å². The van der Waals surface area contributed by atoms with Crippen molar-refractivity contribution in [1.29, 1.82) is 0 Å². The number of pyridine rings is 1. The van der Waals surface area contributed by atoms with Gasteiger partial charge in [0, 0.05) is 10.8 Å². The van der Waals surface area contributed by atoms with Crippen LogP contribution in [0.1, 0.15) is 25.8 Å². The molecule has 0 radical (unpaired) electrons. The van der Waals surface area contributed by atoms with Gasteiger partial charge in [0.05, 0.1) is 11.0 Å². The average Bonchev–Trinajstić information content (AvgIpc) is 3.03. The fourth-order valence-corrected chi connectivity index (χ4v) is 6.19.